The predicted molar refractivity (Wildman–Crippen MR) is 81.6 cm³/mol. The fourth-order valence-corrected chi connectivity index (χ4v) is 3.24. The summed E-state index contributed by atoms with van der Waals surface area (Å²) in [5.74, 6) is -2.88. The van der Waals surface area contributed by atoms with Gasteiger partial charge in [0.1, 0.15) is 5.75 Å². The Balaban J connectivity index is 2.82. The maximum absolute atomic E-state index is 11.7. The van der Waals surface area contributed by atoms with E-state index in [0.717, 1.165) is 4.47 Å². The third-order valence-corrected chi connectivity index (χ3v) is 4.88. The van der Waals surface area contributed by atoms with Gasteiger partial charge in [0, 0.05) is 4.47 Å². The summed E-state index contributed by atoms with van der Waals surface area (Å²) in [7, 11) is -3.50. The van der Waals surface area contributed by atoms with Crippen LogP contribution in [0.25, 0.3) is 0 Å². The minimum Gasteiger partial charge on any atom is -0.479 e. The molecule has 1 unspecified atom stereocenters. The van der Waals surface area contributed by atoms with Crippen LogP contribution < -0.4 is 5.32 Å². The van der Waals surface area contributed by atoms with E-state index in [9.17, 15) is 23.1 Å². The summed E-state index contributed by atoms with van der Waals surface area (Å²) in [6.07, 6.45) is 0.407. The Labute approximate surface area is 131 Å². The van der Waals surface area contributed by atoms with Gasteiger partial charge in [0.15, 0.2) is 15.9 Å². The van der Waals surface area contributed by atoms with Gasteiger partial charge in [-0.1, -0.05) is 35.0 Å². The van der Waals surface area contributed by atoms with Crippen molar-refractivity contribution in [2.75, 3.05) is 11.5 Å². The van der Waals surface area contributed by atoms with Gasteiger partial charge in [0.2, 0.25) is 5.91 Å². The van der Waals surface area contributed by atoms with Crippen LogP contribution in [0.3, 0.4) is 0 Å². The van der Waals surface area contributed by atoms with Crippen LogP contribution in [0.1, 0.15) is 24.9 Å². The van der Waals surface area contributed by atoms with Crippen molar-refractivity contribution in [3.05, 3.63) is 34.3 Å². The lowest BCUT2D eigenvalue weighted by Crippen LogP contribution is -2.37. The van der Waals surface area contributed by atoms with Crippen LogP contribution in [0.4, 0.5) is 0 Å². The molecule has 6 nitrogen and oxygen atoms in total. The van der Waals surface area contributed by atoms with Crippen molar-refractivity contribution in [3.63, 3.8) is 0 Å². The number of nitrogens with one attached hydrogen (secondary N) is 1. The molecular weight excluding hydrogens is 362 g/mol. The van der Waals surface area contributed by atoms with E-state index < -0.39 is 33.5 Å². The second-order valence-corrected chi connectivity index (χ2v) is 7.58. The Bertz CT molecular complexity index is 612. The molecule has 1 amide bonds. The van der Waals surface area contributed by atoms with E-state index >= 15 is 0 Å². The van der Waals surface area contributed by atoms with Gasteiger partial charge in [0.25, 0.3) is 0 Å². The standard InChI is InChI=1S/C13H16BrNO5S/c1-2-7-21(19,20)8-11(16)15-12(13(17)18)9-3-5-10(14)6-4-9/h3-6,12H,2,7-8H2,1H3,(H,15,16)(H,17,18). The number of hydrogen-bond acceptors (Lipinski definition) is 4. The Hall–Kier alpha value is -1.41. The molecule has 0 aliphatic rings. The molecule has 21 heavy (non-hydrogen) atoms. The molecule has 0 aliphatic carbocycles. The lowest BCUT2D eigenvalue weighted by Gasteiger charge is -2.15. The molecule has 116 valence electrons. The van der Waals surface area contributed by atoms with Gasteiger partial charge in [-0.15, -0.1) is 0 Å². The quantitative estimate of drug-likeness (QED) is 0.749. The van der Waals surface area contributed by atoms with Crippen molar-refractivity contribution in [1.29, 1.82) is 0 Å². The van der Waals surface area contributed by atoms with E-state index in [2.05, 4.69) is 21.2 Å². The molecule has 2 N–H and O–H groups in total. The number of sulfone groups is 1. The van der Waals surface area contributed by atoms with Gasteiger partial charge in [-0.25, -0.2) is 13.2 Å². The van der Waals surface area contributed by atoms with Crippen LogP contribution in [0.2, 0.25) is 0 Å². The van der Waals surface area contributed by atoms with Crippen LogP contribution in [0.5, 0.6) is 0 Å². The highest BCUT2D eigenvalue weighted by atomic mass is 79.9. The number of benzene rings is 1. The first-order valence-electron chi connectivity index (χ1n) is 6.23. The van der Waals surface area contributed by atoms with Crippen molar-refractivity contribution >= 4 is 37.6 Å². The number of halogens is 1. The summed E-state index contributed by atoms with van der Waals surface area (Å²) in [5, 5.41) is 11.4. The Morgan fingerprint density at radius 3 is 2.33 bits per heavy atom. The number of aliphatic carboxylic acids is 1. The number of carbonyl (C=O) groups excluding carboxylic acids is 1. The van der Waals surface area contributed by atoms with Crippen molar-refractivity contribution in [3.8, 4) is 0 Å². The Kier molecular flexibility index (Phi) is 6.35. The lowest BCUT2D eigenvalue weighted by atomic mass is 10.1. The van der Waals surface area contributed by atoms with Crippen molar-refractivity contribution < 1.29 is 23.1 Å². The molecule has 1 atom stereocenters. The van der Waals surface area contributed by atoms with E-state index in [1.165, 1.54) is 0 Å². The zero-order valence-electron chi connectivity index (χ0n) is 11.4. The summed E-state index contributed by atoms with van der Waals surface area (Å²) < 4.78 is 23.9. The fourth-order valence-electron chi connectivity index (χ4n) is 1.73. The van der Waals surface area contributed by atoms with E-state index in [1.807, 2.05) is 0 Å². The number of hydrogen-bond donors (Lipinski definition) is 2. The van der Waals surface area contributed by atoms with Crippen LogP contribution in [0, 0.1) is 0 Å². The first-order valence-corrected chi connectivity index (χ1v) is 8.84. The highest BCUT2D eigenvalue weighted by molar-refractivity contribution is 9.10. The molecule has 0 heterocycles. The molecule has 1 aromatic carbocycles. The summed E-state index contributed by atoms with van der Waals surface area (Å²) in [4.78, 5) is 23.0. The molecule has 0 radical (unpaired) electrons. The maximum Gasteiger partial charge on any atom is 0.330 e. The lowest BCUT2D eigenvalue weighted by molar-refractivity contribution is -0.141. The van der Waals surface area contributed by atoms with E-state index in [1.54, 1.807) is 31.2 Å². The predicted octanol–water partition coefficient (Wildman–Crippen LogP) is 1.52. The molecule has 0 aromatic heterocycles. The van der Waals surface area contributed by atoms with Gasteiger partial charge in [-0.3, -0.25) is 4.79 Å². The topological polar surface area (TPSA) is 101 Å². The van der Waals surface area contributed by atoms with Gasteiger partial charge in [-0.2, -0.15) is 0 Å². The van der Waals surface area contributed by atoms with Gasteiger partial charge in [-0.05, 0) is 24.1 Å². The Morgan fingerprint density at radius 2 is 1.86 bits per heavy atom. The molecule has 0 spiro atoms. The van der Waals surface area contributed by atoms with Crippen molar-refractivity contribution in [1.82, 2.24) is 5.32 Å². The van der Waals surface area contributed by atoms with E-state index in [-0.39, 0.29) is 5.75 Å². The molecule has 0 aliphatic heterocycles. The average Bonchev–Trinajstić information content (AvgIpc) is 2.36. The number of carboxylic acids is 1. The van der Waals surface area contributed by atoms with E-state index in [0.29, 0.717) is 12.0 Å². The number of carboxylic acid groups (broad SMARTS) is 1. The second-order valence-electron chi connectivity index (χ2n) is 4.48. The second kappa shape index (κ2) is 7.56. The van der Waals surface area contributed by atoms with Gasteiger partial charge in [0.05, 0.1) is 5.75 Å². The van der Waals surface area contributed by atoms with E-state index in [4.69, 9.17) is 0 Å². The van der Waals surface area contributed by atoms with Crippen LogP contribution in [-0.2, 0) is 19.4 Å². The van der Waals surface area contributed by atoms with Crippen LogP contribution >= 0.6 is 15.9 Å². The monoisotopic (exact) mass is 377 g/mol. The summed E-state index contributed by atoms with van der Waals surface area (Å²) in [6.45, 7) is 1.69. The molecule has 0 bridgehead atoms. The van der Waals surface area contributed by atoms with Gasteiger partial charge >= 0.3 is 5.97 Å². The summed E-state index contributed by atoms with van der Waals surface area (Å²) in [5.41, 5.74) is 0.368. The fraction of sp³-hybridized carbons (Fsp3) is 0.385. The smallest absolute Gasteiger partial charge is 0.330 e. The molecule has 0 saturated carbocycles. The van der Waals surface area contributed by atoms with Crippen molar-refractivity contribution in [2.45, 2.75) is 19.4 Å². The third kappa shape index (κ3) is 5.84. The van der Waals surface area contributed by atoms with Crippen LogP contribution in [-0.4, -0.2) is 36.9 Å². The minimum absolute atomic E-state index is 0.101. The third-order valence-electron chi connectivity index (χ3n) is 2.62. The average molecular weight is 378 g/mol. The first kappa shape index (κ1) is 17.6. The normalized spacial score (nSPS) is 12.7. The number of carbonyl (C=O) groups is 2. The maximum atomic E-state index is 11.7. The minimum atomic E-state index is -3.50. The van der Waals surface area contributed by atoms with Crippen molar-refractivity contribution in [2.24, 2.45) is 0 Å². The molecule has 0 fully saturated rings. The van der Waals surface area contributed by atoms with Crippen LogP contribution in [0.15, 0.2) is 28.7 Å². The molecule has 1 aromatic rings. The summed E-state index contributed by atoms with van der Waals surface area (Å²) in [6, 6.07) is 5.10. The summed E-state index contributed by atoms with van der Waals surface area (Å²) >= 11 is 3.23. The molecule has 8 heteroatoms. The number of rotatable bonds is 7. The largest absolute Gasteiger partial charge is 0.479 e. The zero-order chi connectivity index (χ0) is 16.0. The number of amides is 1. The highest BCUT2D eigenvalue weighted by Gasteiger charge is 2.24. The van der Waals surface area contributed by atoms with Gasteiger partial charge < -0.3 is 10.4 Å². The SMILES string of the molecule is CCCS(=O)(=O)CC(=O)NC(C(=O)O)c1ccc(Br)cc1. The molecular formula is C13H16BrNO5S. The Morgan fingerprint density at radius 1 is 1.29 bits per heavy atom. The highest BCUT2D eigenvalue weighted by Crippen LogP contribution is 2.17. The molecule has 1 rings (SSSR count). The first-order chi connectivity index (χ1) is 9.75. The molecule has 0 saturated heterocycles. The zero-order valence-corrected chi connectivity index (χ0v) is 13.8.